The average Bonchev–Trinajstić information content (AvgIpc) is 2.47. The van der Waals surface area contributed by atoms with E-state index in [0.717, 1.165) is 18.8 Å². The Morgan fingerprint density at radius 2 is 2.05 bits per heavy atom. The maximum absolute atomic E-state index is 4.98. The minimum Gasteiger partial charge on any atom is -0.480 e. The van der Waals surface area contributed by atoms with Crippen molar-refractivity contribution in [3.8, 4) is 17.4 Å². The molecule has 0 aliphatic carbocycles. The molecule has 0 unspecified atom stereocenters. The zero-order valence-electron chi connectivity index (χ0n) is 12.0. The van der Waals surface area contributed by atoms with Crippen LogP contribution in [0.15, 0.2) is 24.4 Å². The lowest BCUT2D eigenvalue weighted by Crippen LogP contribution is -2.19. The predicted octanol–water partition coefficient (Wildman–Crippen LogP) is 1.69. The van der Waals surface area contributed by atoms with Crippen molar-refractivity contribution in [1.29, 1.82) is 0 Å². The molecule has 0 spiro atoms. The lowest BCUT2D eigenvalue weighted by Gasteiger charge is -2.07. The van der Waals surface area contributed by atoms with Crippen LogP contribution in [0.2, 0.25) is 0 Å². The molecule has 0 radical (unpaired) electrons. The summed E-state index contributed by atoms with van der Waals surface area (Å²) in [6.07, 6.45) is 1.74. The number of aromatic nitrogens is 4. The lowest BCUT2D eigenvalue weighted by atomic mass is 10.2. The van der Waals surface area contributed by atoms with Gasteiger partial charge in [0.05, 0.1) is 12.8 Å². The van der Waals surface area contributed by atoms with Gasteiger partial charge in [-0.05, 0) is 24.6 Å². The highest BCUT2D eigenvalue weighted by molar-refractivity contribution is 5.48. The largest absolute Gasteiger partial charge is 0.480 e. The summed E-state index contributed by atoms with van der Waals surface area (Å²) in [5.74, 6) is 1.66. The standard InChI is InChI=1S/C14H19N5O/c1-10(2)8-15-9-11-6-7-16-14(17-11)12-4-5-13(20-3)19-18-12/h4-7,10,15H,8-9H2,1-3H3. The summed E-state index contributed by atoms with van der Waals surface area (Å²) in [5.41, 5.74) is 1.57. The number of methoxy groups -OCH3 is 1. The van der Waals surface area contributed by atoms with Gasteiger partial charge in [0.15, 0.2) is 5.82 Å². The molecule has 0 fully saturated rings. The molecular formula is C14H19N5O. The SMILES string of the molecule is COc1ccc(-c2nccc(CNCC(C)C)n2)nn1. The van der Waals surface area contributed by atoms with Crippen molar-refractivity contribution < 1.29 is 4.74 Å². The third-order valence-corrected chi connectivity index (χ3v) is 2.65. The summed E-state index contributed by atoms with van der Waals surface area (Å²) in [5, 5.41) is 11.3. The molecule has 2 heterocycles. The van der Waals surface area contributed by atoms with Crippen LogP contribution in [0.3, 0.4) is 0 Å². The van der Waals surface area contributed by atoms with Crippen molar-refractivity contribution in [1.82, 2.24) is 25.5 Å². The molecular weight excluding hydrogens is 254 g/mol. The first-order valence-electron chi connectivity index (χ1n) is 6.59. The van der Waals surface area contributed by atoms with Crippen molar-refractivity contribution >= 4 is 0 Å². The minimum absolute atomic E-state index is 0.475. The zero-order valence-corrected chi connectivity index (χ0v) is 12.0. The summed E-state index contributed by atoms with van der Waals surface area (Å²) in [6, 6.07) is 5.44. The van der Waals surface area contributed by atoms with Crippen LogP contribution in [0.5, 0.6) is 5.88 Å². The second-order valence-electron chi connectivity index (χ2n) is 4.86. The van der Waals surface area contributed by atoms with Crippen LogP contribution in [0.25, 0.3) is 11.5 Å². The Kier molecular flexibility index (Phi) is 4.95. The van der Waals surface area contributed by atoms with E-state index in [1.807, 2.05) is 6.07 Å². The number of ether oxygens (including phenoxy) is 1. The highest BCUT2D eigenvalue weighted by Crippen LogP contribution is 2.13. The maximum Gasteiger partial charge on any atom is 0.233 e. The van der Waals surface area contributed by atoms with Gasteiger partial charge in [0.1, 0.15) is 5.69 Å². The molecule has 106 valence electrons. The first-order chi connectivity index (χ1) is 9.69. The summed E-state index contributed by atoms with van der Waals surface area (Å²) < 4.78 is 4.98. The van der Waals surface area contributed by atoms with E-state index in [9.17, 15) is 0 Å². The van der Waals surface area contributed by atoms with E-state index in [2.05, 4.69) is 39.3 Å². The van der Waals surface area contributed by atoms with Crippen LogP contribution in [0, 0.1) is 5.92 Å². The van der Waals surface area contributed by atoms with Crippen LogP contribution >= 0.6 is 0 Å². The van der Waals surface area contributed by atoms with E-state index >= 15 is 0 Å². The third kappa shape index (κ3) is 3.96. The Morgan fingerprint density at radius 3 is 2.70 bits per heavy atom. The van der Waals surface area contributed by atoms with Gasteiger partial charge >= 0.3 is 0 Å². The molecule has 6 nitrogen and oxygen atoms in total. The summed E-state index contributed by atoms with van der Waals surface area (Å²) in [4.78, 5) is 8.70. The summed E-state index contributed by atoms with van der Waals surface area (Å²) >= 11 is 0. The Hall–Kier alpha value is -2.08. The van der Waals surface area contributed by atoms with Crippen LogP contribution in [-0.4, -0.2) is 33.8 Å². The number of nitrogens with one attached hydrogen (secondary N) is 1. The quantitative estimate of drug-likeness (QED) is 0.863. The Labute approximate surface area is 118 Å². The molecule has 0 aliphatic rings. The number of hydrogen-bond donors (Lipinski definition) is 1. The van der Waals surface area contributed by atoms with Gasteiger partial charge in [-0.15, -0.1) is 10.2 Å². The van der Waals surface area contributed by atoms with E-state index in [0.29, 0.717) is 23.3 Å². The monoisotopic (exact) mass is 273 g/mol. The van der Waals surface area contributed by atoms with E-state index in [1.54, 1.807) is 25.4 Å². The van der Waals surface area contributed by atoms with Gasteiger partial charge < -0.3 is 10.1 Å². The zero-order chi connectivity index (χ0) is 14.4. The van der Waals surface area contributed by atoms with Gasteiger partial charge in [0, 0.05) is 18.8 Å². The fourth-order valence-corrected chi connectivity index (χ4v) is 1.66. The second kappa shape index (κ2) is 6.91. The molecule has 20 heavy (non-hydrogen) atoms. The van der Waals surface area contributed by atoms with Crippen LogP contribution in [0.4, 0.5) is 0 Å². The smallest absolute Gasteiger partial charge is 0.233 e. The van der Waals surface area contributed by atoms with Crippen LogP contribution in [-0.2, 0) is 6.54 Å². The van der Waals surface area contributed by atoms with Gasteiger partial charge in [-0.2, -0.15) is 0 Å². The fraction of sp³-hybridized carbons (Fsp3) is 0.429. The van der Waals surface area contributed by atoms with Gasteiger partial charge in [0.2, 0.25) is 5.88 Å². The highest BCUT2D eigenvalue weighted by atomic mass is 16.5. The molecule has 2 aromatic rings. The molecule has 0 saturated carbocycles. The van der Waals surface area contributed by atoms with Gasteiger partial charge in [-0.3, -0.25) is 0 Å². The first kappa shape index (κ1) is 14.3. The molecule has 1 N–H and O–H groups in total. The van der Waals surface area contributed by atoms with Crippen molar-refractivity contribution in [3.05, 3.63) is 30.1 Å². The lowest BCUT2D eigenvalue weighted by molar-refractivity contribution is 0.392. The summed E-state index contributed by atoms with van der Waals surface area (Å²) in [7, 11) is 1.56. The molecule has 0 amide bonds. The third-order valence-electron chi connectivity index (χ3n) is 2.65. The van der Waals surface area contributed by atoms with E-state index in [1.165, 1.54) is 0 Å². The van der Waals surface area contributed by atoms with Crippen LogP contribution in [0.1, 0.15) is 19.5 Å². The molecule has 2 aromatic heterocycles. The van der Waals surface area contributed by atoms with Crippen molar-refractivity contribution in [2.24, 2.45) is 5.92 Å². The maximum atomic E-state index is 4.98. The topological polar surface area (TPSA) is 72.8 Å². The predicted molar refractivity (Wildman–Crippen MR) is 76.2 cm³/mol. The average molecular weight is 273 g/mol. The fourth-order valence-electron chi connectivity index (χ4n) is 1.66. The van der Waals surface area contributed by atoms with Gasteiger partial charge in [-0.25, -0.2) is 9.97 Å². The summed E-state index contributed by atoms with van der Waals surface area (Å²) in [6.45, 7) is 6.02. The first-order valence-corrected chi connectivity index (χ1v) is 6.59. The highest BCUT2D eigenvalue weighted by Gasteiger charge is 2.05. The molecule has 0 bridgehead atoms. The van der Waals surface area contributed by atoms with E-state index in [-0.39, 0.29) is 0 Å². The van der Waals surface area contributed by atoms with Crippen molar-refractivity contribution in [2.75, 3.05) is 13.7 Å². The van der Waals surface area contributed by atoms with E-state index < -0.39 is 0 Å². The Bertz CT molecular complexity index is 542. The molecule has 6 heteroatoms. The van der Waals surface area contributed by atoms with Gasteiger partial charge in [-0.1, -0.05) is 13.8 Å². The molecule has 0 saturated heterocycles. The van der Waals surface area contributed by atoms with Crippen molar-refractivity contribution in [3.63, 3.8) is 0 Å². The number of hydrogen-bond acceptors (Lipinski definition) is 6. The number of nitrogens with zero attached hydrogens (tertiary/aromatic N) is 4. The minimum atomic E-state index is 0.475. The Balaban J connectivity index is 2.08. The van der Waals surface area contributed by atoms with E-state index in [4.69, 9.17) is 4.74 Å². The van der Waals surface area contributed by atoms with Crippen LogP contribution < -0.4 is 10.1 Å². The van der Waals surface area contributed by atoms with Gasteiger partial charge in [0.25, 0.3) is 0 Å². The second-order valence-corrected chi connectivity index (χ2v) is 4.86. The molecule has 0 aromatic carbocycles. The Morgan fingerprint density at radius 1 is 1.20 bits per heavy atom. The van der Waals surface area contributed by atoms with Crippen molar-refractivity contribution in [2.45, 2.75) is 20.4 Å². The normalized spacial score (nSPS) is 10.8. The number of rotatable bonds is 6. The molecule has 0 aliphatic heterocycles. The molecule has 2 rings (SSSR count). The molecule has 0 atom stereocenters.